The molecule has 0 saturated heterocycles. The van der Waals surface area contributed by atoms with Crippen LogP contribution < -0.4 is 4.74 Å². The van der Waals surface area contributed by atoms with Crippen molar-refractivity contribution >= 4 is 44.6 Å². The van der Waals surface area contributed by atoms with Crippen LogP contribution in [-0.4, -0.2) is 18.7 Å². The normalized spacial score (nSPS) is 13.5. The molecular weight excluding hydrogens is 900 g/mol. The van der Waals surface area contributed by atoms with Crippen LogP contribution in [-0.2, 0) is 31.8 Å². The maximum absolute atomic E-state index is 6.62. The van der Waals surface area contributed by atoms with E-state index in [-0.39, 0.29) is 0 Å². The van der Waals surface area contributed by atoms with E-state index in [2.05, 4.69) is 180 Å². The Kier molecular flexibility index (Phi) is 7.17. The monoisotopic (exact) mass is 929 g/mol. The molecule has 1 aliphatic carbocycles. The van der Waals surface area contributed by atoms with Gasteiger partial charge in [0.2, 0.25) is 0 Å². The molecule has 0 amide bonds. The number of aryl methyl sites for hydroxylation is 1. The number of nitrogens with zero attached hydrogens (tertiary/aromatic N) is 4. The first-order valence-corrected chi connectivity index (χ1v) is 20.8. The first-order chi connectivity index (χ1) is 28.1. The molecule has 274 valence electrons. The molecule has 4 heterocycles. The van der Waals surface area contributed by atoms with Gasteiger partial charge in [0.25, 0.3) is 0 Å². The van der Waals surface area contributed by atoms with Crippen LogP contribution in [0, 0.1) is 15.9 Å². The van der Waals surface area contributed by atoms with Crippen LogP contribution in [0.15, 0.2) is 174 Å². The number of pyridine rings is 1. The van der Waals surface area contributed by atoms with Crippen molar-refractivity contribution in [3.8, 4) is 34.1 Å². The molecule has 0 atom stereocenters. The van der Waals surface area contributed by atoms with Crippen molar-refractivity contribution in [1.82, 2.24) is 18.7 Å². The molecule has 1 aliphatic heterocycles. The molecule has 5 nitrogen and oxygen atoms in total. The van der Waals surface area contributed by atoms with Gasteiger partial charge in [-0.2, -0.15) is 0 Å². The molecule has 0 N–H and O–H groups in total. The molecule has 12 rings (SSSR count). The van der Waals surface area contributed by atoms with E-state index in [4.69, 9.17) is 9.72 Å². The van der Waals surface area contributed by atoms with Gasteiger partial charge in [-0.15, -0.1) is 0 Å². The summed E-state index contributed by atoms with van der Waals surface area (Å²) in [4.78, 5) is 7.48. The van der Waals surface area contributed by atoms with E-state index in [9.17, 15) is 0 Å². The summed E-state index contributed by atoms with van der Waals surface area (Å²) in [6, 6.07) is 63.7. The Morgan fingerprint density at radius 1 is 0.579 bits per heavy atom. The van der Waals surface area contributed by atoms with Crippen molar-refractivity contribution in [3.63, 3.8) is 0 Å². The third-order valence-electron chi connectivity index (χ3n) is 11.6. The molecule has 0 bridgehead atoms. The number of aromatic nitrogens is 4. The van der Waals surface area contributed by atoms with E-state index in [1.807, 2.05) is 48.3 Å². The number of hydrogen-bond donors (Lipinski definition) is 0. The van der Waals surface area contributed by atoms with Crippen LogP contribution in [0.4, 0.5) is 0 Å². The first-order valence-electron chi connectivity index (χ1n) is 18.8. The molecule has 7 heteroatoms. The predicted molar refractivity (Wildman–Crippen MR) is 223 cm³/mol. The van der Waals surface area contributed by atoms with E-state index < -0.39 is 5.41 Å². The number of rotatable bonds is 4. The Bertz CT molecular complexity index is 3310. The molecule has 2 aliphatic rings. The molecular formula is C50H30N4OPtS-2. The molecule has 57 heavy (non-hydrogen) atoms. The fraction of sp³-hybridized carbons (Fsp3) is 0.0400. The molecule has 1 spiro atoms. The molecule has 3 aromatic heterocycles. The van der Waals surface area contributed by atoms with Gasteiger partial charge in [0.1, 0.15) is 0 Å². The molecule has 0 radical (unpaired) electrons. The van der Waals surface area contributed by atoms with Crippen molar-refractivity contribution in [2.24, 2.45) is 7.05 Å². The van der Waals surface area contributed by atoms with Gasteiger partial charge in [-0.05, 0) is 51.6 Å². The van der Waals surface area contributed by atoms with Crippen LogP contribution >= 0.6 is 11.8 Å². The summed E-state index contributed by atoms with van der Waals surface area (Å²) in [6.45, 7) is 0. The first kappa shape index (κ1) is 33.0. The zero-order chi connectivity index (χ0) is 37.8. The Hall–Kier alpha value is -6.20. The summed E-state index contributed by atoms with van der Waals surface area (Å²) in [5.41, 5.74) is 12.4. The van der Waals surface area contributed by atoms with Crippen LogP contribution in [0.25, 0.3) is 55.5 Å². The SMILES string of the molecule is Cn1[c](=[Pt])n(-c2[c-]c(Oc3[c-]c4c(cc3)c3cc5c(cc3n4-c3ccccn3)C3(c4ccccc4Sc4ccccc43)c3ccccc3-5)ccc2)c2ccccc21. The summed E-state index contributed by atoms with van der Waals surface area (Å²) in [6.07, 6.45) is 1.86. The summed E-state index contributed by atoms with van der Waals surface area (Å²) >= 11 is 4.24. The molecule has 7 aromatic carbocycles. The molecule has 0 fully saturated rings. The van der Waals surface area contributed by atoms with Crippen LogP contribution in [0.1, 0.15) is 22.3 Å². The molecule has 10 aromatic rings. The maximum atomic E-state index is 6.62. The Morgan fingerprint density at radius 3 is 2.07 bits per heavy atom. The van der Waals surface area contributed by atoms with Gasteiger partial charge in [0.15, 0.2) is 0 Å². The number of benzene rings is 7. The van der Waals surface area contributed by atoms with E-state index in [0.29, 0.717) is 11.5 Å². The number of hydrogen-bond acceptors (Lipinski definition) is 3. The fourth-order valence-electron chi connectivity index (χ4n) is 9.29. The van der Waals surface area contributed by atoms with Gasteiger partial charge in [-0.3, -0.25) is 0 Å². The third kappa shape index (κ3) is 4.63. The van der Waals surface area contributed by atoms with E-state index in [1.54, 1.807) is 0 Å². The van der Waals surface area contributed by atoms with Gasteiger partial charge in [0, 0.05) is 16.0 Å². The second-order valence-corrected chi connectivity index (χ2v) is 16.6. The van der Waals surface area contributed by atoms with Crippen LogP contribution in [0.5, 0.6) is 11.5 Å². The predicted octanol–water partition coefficient (Wildman–Crippen LogP) is 11.8. The second kappa shape index (κ2) is 12.4. The van der Waals surface area contributed by atoms with Gasteiger partial charge in [-0.25, -0.2) is 0 Å². The Labute approximate surface area is 343 Å². The van der Waals surface area contributed by atoms with Crippen molar-refractivity contribution in [2.75, 3.05) is 0 Å². The minimum absolute atomic E-state index is 0.483. The average molecular weight is 930 g/mol. The van der Waals surface area contributed by atoms with E-state index in [0.717, 1.165) is 48.1 Å². The van der Waals surface area contributed by atoms with Crippen molar-refractivity contribution in [3.05, 3.63) is 202 Å². The topological polar surface area (TPSA) is 36.9 Å². The molecule has 0 unspecified atom stereocenters. The van der Waals surface area contributed by atoms with Crippen molar-refractivity contribution in [2.45, 2.75) is 15.2 Å². The summed E-state index contributed by atoms with van der Waals surface area (Å²) in [5.74, 6) is 2.05. The Morgan fingerprint density at radius 2 is 1.28 bits per heavy atom. The summed E-state index contributed by atoms with van der Waals surface area (Å²) in [7, 11) is 2.09. The van der Waals surface area contributed by atoms with Gasteiger partial charge in [0.05, 0.1) is 5.41 Å². The van der Waals surface area contributed by atoms with Gasteiger partial charge in [-0.1, -0.05) is 78.5 Å². The van der Waals surface area contributed by atoms with E-state index in [1.165, 1.54) is 43.2 Å². The summed E-state index contributed by atoms with van der Waals surface area (Å²) < 4.78 is 14.3. The van der Waals surface area contributed by atoms with Gasteiger partial charge >= 0.3 is 194 Å². The quantitative estimate of drug-likeness (QED) is 0.165. The standard InChI is InChI=1S/C50H30N4OS.Pt/c1-52-31-53(44-20-7-6-19-43(44)52)32-13-12-14-33(27-32)55-34-24-25-36-38-29-37-35-15-2-3-16-39(35)50(40-17-4-8-21-47(40)56-48-22-9-5-18-41(48)50)42(37)30-46(38)54(45(36)28-34)49-23-10-11-26-51-49;/h2-26,29-30H,1H3;/q-2;. The molecule has 0 saturated carbocycles. The van der Waals surface area contributed by atoms with Crippen molar-refractivity contribution < 1.29 is 24.1 Å². The zero-order valence-corrected chi connectivity index (χ0v) is 33.6. The average Bonchev–Trinajstić information content (AvgIpc) is 3.82. The van der Waals surface area contributed by atoms with Crippen LogP contribution in [0.3, 0.4) is 0 Å². The van der Waals surface area contributed by atoms with Crippen molar-refractivity contribution in [1.29, 1.82) is 0 Å². The zero-order valence-electron chi connectivity index (χ0n) is 30.5. The Balaban J connectivity index is 1.08. The van der Waals surface area contributed by atoms with Crippen LogP contribution in [0.2, 0.25) is 0 Å². The number of fused-ring (bicyclic) bond motifs is 13. The third-order valence-corrected chi connectivity index (χ3v) is 14.0. The van der Waals surface area contributed by atoms with E-state index >= 15 is 0 Å². The van der Waals surface area contributed by atoms with Gasteiger partial charge < -0.3 is 0 Å². The summed E-state index contributed by atoms with van der Waals surface area (Å²) in [5, 5.41) is 2.23. The fourth-order valence-corrected chi connectivity index (χ4v) is 11.3. The minimum atomic E-state index is -0.483. The number of imidazole rings is 1. The number of ether oxygens (including phenoxy) is 1. The number of para-hydroxylation sites is 2. The second-order valence-electron chi connectivity index (χ2n) is 14.5.